The van der Waals surface area contributed by atoms with Crippen LogP contribution in [-0.2, 0) is 4.79 Å². The number of likely N-dealkylation sites (N-methyl/N-ethyl adjacent to an activating group) is 1. The van der Waals surface area contributed by atoms with Crippen molar-refractivity contribution in [3.05, 3.63) is 35.9 Å². The van der Waals surface area contributed by atoms with Gasteiger partial charge in [-0.3, -0.25) is 4.79 Å². The summed E-state index contributed by atoms with van der Waals surface area (Å²) in [5.74, 6) is 0.936. The fourth-order valence-electron chi connectivity index (χ4n) is 3.48. The Morgan fingerprint density at radius 1 is 0.964 bits per heavy atom. The first-order valence-corrected chi connectivity index (χ1v) is 9.77. The Balaban J connectivity index is 0.00000364. The lowest BCUT2D eigenvalue weighted by Gasteiger charge is -2.36. The maximum Gasteiger partial charge on any atom is 0.246 e. The molecule has 0 heterocycles. The van der Waals surface area contributed by atoms with Gasteiger partial charge in [-0.1, -0.05) is 19.1 Å². The van der Waals surface area contributed by atoms with Crippen LogP contribution >= 0.6 is 24.8 Å². The summed E-state index contributed by atoms with van der Waals surface area (Å²) >= 11 is 0. The predicted molar refractivity (Wildman–Crippen MR) is 126 cm³/mol. The van der Waals surface area contributed by atoms with Gasteiger partial charge in [-0.15, -0.1) is 24.8 Å². The highest BCUT2D eigenvalue weighted by Crippen LogP contribution is 2.27. The van der Waals surface area contributed by atoms with Gasteiger partial charge >= 0.3 is 0 Å². The van der Waals surface area contributed by atoms with Crippen molar-refractivity contribution in [3.63, 3.8) is 0 Å². The van der Waals surface area contributed by atoms with E-state index in [0.29, 0.717) is 6.04 Å². The zero-order valence-corrected chi connectivity index (χ0v) is 19.6. The molecule has 0 radical (unpaired) electrons. The third kappa shape index (κ3) is 8.42. The summed E-state index contributed by atoms with van der Waals surface area (Å²) in [4.78, 5) is 19.2. The van der Waals surface area contributed by atoms with Crippen molar-refractivity contribution in [3.8, 4) is 0 Å². The Morgan fingerprint density at radius 3 is 2.04 bits per heavy atom. The molecule has 0 saturated heterocycles. The smallest absolute Gasteiger partial charge is 0.246 e. The van der Waals surface area contributed by atoms with Crippen molar-refractivity contribution >= 4 is 42.5 Å². The number of halogens is 2. The molecule has 0 spiro atoms. The molecule has 0 N–H and O–H groups in total. The van der Waals surface area contributed by atoms with Crippen molar-refractivity contribution in [1.29, 1.82) is 0 Å². The lowest BCUT2D eigenvalue weighted by atomic mass is 9.86. The summed E-state index contributed by atoms with van der Waals surface area (Å²) in [5, 5.41) is 0. The van der Waals surface area contributed by atoms with Crippen LogP contribution in [-0.4, -0.2) is 63.0 Å². The highest BCUT2D eigenvalue weighted by Gasteiger charge is 2.26. The van der Waals surface area contributed by atoms with Gasteiger partial charge in [0.15, 0.2) is 0 Å². The Morgan fingerprint density at radius 2 is 1.54 bits per heavy atom. The Hall–Kier alpha value is -1.23. The summed E-state index contributed by atoms with van der Waals surface area (Å²) < 4.78 is 0. The van der Waals surface area contributed by atoms with E-state index < -0.39 is 0 Å². The average molecular weight is 430 g/mol. The van der Waals surface area contributed by atoms with Crippen LogP contribution in [0.1, 0.15) is 38.2 Å². The van der Waals surface area contributed by atoms with Crippen LogP contribution in [0.2, 0.25) is 0 Å². The van der Waals surface area contributed by atoms with Gasteiger partial charge in [-0.25, -0.2) is 0 Å². The molecule has 1 fully saturated rings. The molecule has 1 aromatic rings. The van der Waals surface area contributed by atoms with Crippen LogP contribution < -0.4 is 4.90 Å². The van der Waals surface area contributed by atoms with Crippen molar-refractivity contribution in [2.45, 2.75) is 38.6 Å². The number of nitrogens with zero attached hydrogens (tertiary/aromatic N) is 3. The fraction of sp³-hybridized carbons (Fsp3) is 0.591. The number of rotatable bonds is 7. The van der Waals surface area contributed by atoms with E-state index in [-0.39, 0.29) is 30.7 Å². The van der Waals surface area contributed by atoms with Gasteiger partial charge in [0.2, 0.25) is 5.91 Å². The van der Waals surface area contributed by atoms with Crippen LogP contribution in [0.15, 0.2) is 30.3 Å². The summed E-state index contributed by atoms with van der Waals surface area (Å²) in [6, 6.07) is 8.67. The number of amides is 1. The van der Waals surface area contributed by atoms with E-state index in [4.69, 9.17) is 0 Å². The zero-order chi connectivity index (χ0) is 19.1. The van der Waals surface area contributed by atoms with Gasteiger partial charge in [-0.2, -0.15) is 0 Å². The minimum Gasteiger partial charge on any atom is -0.378 e. The molecule has 1 aromatic carbocycles. The van der Waals surface area contributed by atoms with Gasteiger partial charge in [0, 0.05) is 45.0 Å². The number of benzene rings is 1. The maximum atomic E-state index is 12.9. The molecule has 4 nitrogen and oxygen atoms in total. The maximum absolute atomic E-state index is 12.9. The number of carbonyl (C=O) groups excluding carboxylic acids is 1. The Labute approximate surface area is 183 Å². The largest absolute Gasteiger partial charge is 0.378 e. The molecular formula is C22H37Cl2N3O. The molecule has 0 aromatic heterocycles. The van der Waals surface area contributed by atoms with Crippen molar-refractivity contribution in [1.82, 2.24) is 9.80 Å². The topological polar surface area (TPSA) is 26.8 Å². The Kier molecular flexibility index (Phi) is 12.5. The molecule has 1 aliphatic carbocycles. The number of carbonyl (C=O) groups is 1. The SMILES string of the molecule is CC1CCC(N(CCN(C)C)C(=O)/C=C/c2ccc(N(C)C)cc2)CC1.Cl.Cl. The van der Waals surface area contributed by atoms with E-state index in [0.717, 1.165) is 43.1 Å². The minimum absolute atomic E-state index is 0. The van der Waals surface area contributed by atoms with E-state index in [1.54, 1.807) is 6.08 Å². The van der Waals surface area contributed by atoms with E-state index in [9.17, 15) is 4.79 Å². The average Bonchev–Trinajstić information content (AvgIpc) is 2.61. The first-order chi connectivity index (χ1) is 12.4. The minimum atomic E-state index is 0. The first kappa shape index (κ1) is 26.8. The molecule has 0 unspecified atom stereocenters. The standard InChI is InChI=1S/C22H35N3O.2ClH/c1-18-6-11-21(12-7-18)25(17-16-23(2)3)22(26)15-10-19-8-13-20(14-9-19)24(4)5;;/h8-10,13-15,18,21H,6-7,11-12,16-17H2,1-5H3;2*1H/b15-10+;;. The normalized spacial score (nSPS) is 19.1. The molecule has 1 aliphatic rings. The number of anilines is 1. The second kappa shape index (κ2) is 13.1. The quantitative estimate of drug-likeness (QED) is 0.593. The summed E-state index contributed by atoms with van der Waals surface area (Å²) in [5.41, 5.74) is 2.23. The highest BCUT2D eigenvalue weighted by molar-refractivity contribution is 5.92. The van der Waals surface area contributed by atoms with Gasteiger partial charge in [0.25, 0.3) is 0 Å². The van der Waals surface area contributed by atoms with Crippen LogP contribution in [0.25, 0.3) is 6.08 Å². The van der Waals surface area contributed by atoms with Gasteiger partial charge in [0.05, 0.1) is 0 Å². The number of hydrogen-bond donors (Lipinski definition) is 0. The third-order valence-electron chi connectivity index (χ3n) is 5.33. The van der Waals surface area contributed by atoms with Gasteiger partial charge in [0.1, 0.15) is 0 Å². The van der Waals surface area contributed by atoms with Crippen molar-refractivity contribution in [2.24, 2.45) is 5.92 Å². The van der Waals surface area contributed by atoms with Gasteiger partial charge in [-0.05, 0) is 69.5 Å². The fourth-order valence-corrected chi connectivity index (χ4v) is 3.48. The molecule has 0 bridgehead atoms. The molecular weight excluding hydrogens is 393 g/mol. The highest BCUT2D eigenvalue weighted by atomic mass is 35.5. The third-order valence-corrected chi connectivity index (χ3v) is 5.33. The molecule has 2 rings (SSSR count). The van der Waals surface area contributed by atoms with Crippen LogP contribution in [0.5, 0.6) is 0 Å². The summed E-state index contributed by atoms with van der Waals surface area (Å²) in [6.07, 6.45) is 8.41. The lowest BCUT2D eigenvalue weighted by molar-refractivity contribution is -0.129. The second-order valence-corrected chi connectivity index (χ2v) is 8.07. The Bertz CT molecular complexity index is 594. The van der Waals surface area contributed by atoms with E-state index in [2.05, 4.69) is 60.0 Å². The lowest BCUT2D eigenvalue weighted by Crippen LogP contribution is -2.44. The van der Waals surface area contributed by atoms with Gasteiger partial charge < -0.3 is 14.7 Å². The van der Waals surface area contributed by atoms with Crippen LogP contribution in [0.4, 0.5) is 5.69 Å². The predicted octanol–water partition coefficient (Wildman–Crippen LogP) is 4.58. The molecule has 1 saturated carbocycles. The summed E-state index contributed by atoms with van der Waals surface area (Å²) in [7, 11) is 8.19. The molecule has 6 heteroatoms. The van der Waals surface area contributed by atoms with Crippen LogP contribution in [0.3, 0.4) is 0 Å². The van der Waals surface area contributed by atoms with Crippen LogP contribution in [0, 0.1) is 5.92 Å². The summed E-state index contributed by atoms with van der Waals surface area (Å²) in [6.45, 7) is 4.03. The first-order valence-electron chi connectivity index (χ1n) is 9.77. The number of hydrogen-bond acceptors (Lipinski definition) is 3. The molecule has 28 heavy (non-hydrogen) atoms. The van der Waals surface area contributed by atoms with E-state index >= 15 is 0 Å². The van der Waals surface area contributed by atoms with Crippen molar-refractivity contribution in [2.75, 3.05) is 46.2 Å². The molecule has 0 aliphatic heterocycles. The van der Waals surface area contributed by atoms with E-state index in [1.165, 1.54) is 12.8 Å². The monoisotopic (exact) mass is 429 g/mol. The zero-order valence-electron chi connectivity index (χ0n) is 17.9. The molecule has 160 valence electrons. The molecule has 0 atom stereocenters. The second-order valence-electron chi connectivity index (χ2n) is 8.07. The molecule has 1 amide bonds. The van der Waals surface area contributed by atoms with Crippen molar-refractivity contribution < 1.29 is 4.79 Å². The van der Waals surface area contributed by atoms with E-state index in [1.807, 2.05) is 20.2 Å².